The summed E-state index contributed by atoms with van der Waals surface area (Å²) in [4.78, 5) is 4.44. The van der Waals surface area contributed by atoms with Crippen LogP contribution in [-0.2, 0) is 0 Å². The van der Waals surface area contributed by atoms with Crippen LogP contribution in [0.25, 0.3) is 16.5 Å². The first-order valence-electron chi connectivity index (χ1n) is 4.84. The summed E-state index contributed by atoms with van der Waals surface area (Å²) in [6.45, 7) is 0. The second kappa shape index (κ2) is 3.59. The van der Waals surface area contributed by atoms with Crippen LogP contribution < -0.4 is 5.32 Å². The van der Waals surface area contributed by atoms with Crippen molar-refractivity contribution in [2.75, 3.05) is 5.88 Å². The topological polar surface area (TPSA) is 24.9 Å². The van der Waals surface area contributed by atoms with Crippen LogP contribution in [0.15, 0.2) is 41.9 Å². The van der Waals surface area contributed by atoms with Crippen LogP contribution in [0.1, 0.15) is 5.69 Å². The van der Waals surface area contributed by atoms with E-state index in [4.69, 9.17) is 0 Å². The maximum absolute atomic E-state index is 4.44. The first-order chi connectivity index (χ1) is 7.43. The fraction of sp³-hybridized carbons (Fsp3) is 0.0833. The van der Waals surface area contributed by atoms with Crippen molar-refractivity contribution in [2.45, 2.75) is 0 Å². The zero-order chi connectivity index (χ0) is 10.1. The van der Waals surface area contributed by atoms with Crippen LogP contribution in [0.4, 0.5) is 0 Å². The number of thioether (sulfide) groups is 1. The number of hydrogen-bond donors (Lipinski definition) is 1. The summed E-state index contributed by atoms with van der Waals surface area (Å²) in [5.41, 5.74) is 2.16. The number of rotatable bonds is 1. The third-order valence-corrected chi connectivity index (χ3v) is 3.17. The van der Waals surface area contributed by atoms with Crippen molar-refractivity contribution in [1.29, 1.82) is 0 Å². The Kier molecular flexibility index (Phi) is 2.10. The Labute approximate surface area is 92.4 Å². The Balaban J connectivity index is 2.13. The highest BCUT2D eigenvalue weighted by Crippen LogP contribution is 2.22. The molecule has 2 aromatic rings. The monoisotopic (exact) mass is 214 g/mol. The molecule has 0 radical (unpaired) electrons. The van der Waals surface area contributed by atoms with Gasteiger partial charge in [-0.3, -0.25) is 4.98 Å². The van der Waals surface area contributed by atoms with Crippen LogP contribution in [0.3, 0.4) is 0 Å². The predicted octanol–water partition coefficient (Wildman–Crippen LogP) is 2.83. The Morgan fingerprint density at radius 2 is 2.07 bits per heavy atom. The summed E-state index contributed by atoms with van der Waals surface area (Å²) >= 11 is 1.77. The molecule has 0 spiro atoms. The van der Waals surface area contributed by atoms with Gasteiger partial charge in [-0.05, 0) is 16.9 Å². The second-order valence-electron chi connectivity index (χ2n) is 3.44. The molecule has 2 nitrogen and oxygen atoms in total. The Bertz CT molecular complexity index is 534. The van der Waals surface area contributed by atoms with Gasteiger partial charge in [-0.1, -0.05) is 24.3 Å². The van der Waals surface area contributed by atoms with Gasteiger partial charge in [-0.25, -0.2) is 0 Å². The summed E-state index contributed by atoms with van der Waals surface area (Å²) < 4.78 is 0. The number of nitrogens with zero attached hydrogens (tertiary/aromatic N) is 1. The third kappa shape index (κ3) is 1.59. The molecule has 1 aromatic heterocycles. The lowest BCUT2D eigenvalue weighted by Crippen LogP contribution is -2.06. The van der Waals surface area contributed by atoms with Crippen molar-refractivity contribution < 1.29 is 0 Å². The van der Waals surface area contributed by atoms with E-state index in [1.54, 1.807) is 11.8 Å². The number of hydrogen-bond acceptors (Lipinski definition) is 3. The average molecular weight is 214 g/mol. The molecule has 2 heterocycles. The molecule has 15 heavy (non-hydrogen) atoms. The summed E-state index contributed by atoms with van der Waals surface area (Å²) in [6.07, 6.45) is 1.93. The minimum atomic E-state index is 0.948. The molecule has 1 N–H and O–H groups in total. The molecule has 0 atom stereocenters. The van der Waals surface area contributed by atoms with Gasteiger partial charge >= 0.3 is 0 Å². The van der Waals surface area contributed by atoms with Gasteiger partial charge in [0.2, 0.25) is 0 Å². The maximum Gasteiger partial charge on any atom is 0.0872 e. The van der Waals surface area contributed by atoms with Crippen molar-refractivity contribution >= 4 is 28.2 Å². The number of aromatic nitrogens is 1. The normalized spacial score (nSPS) is 15.1. The van der Waals surface area contributed by atoms with Gasteiger partial charge in [0.1, 0.15) is 0 Å². The van der Waals surface area contributed by atoms with Crippen molar-refractivity contribution in [3.63, 3.8) is 0 Å². The lowest BCUT2D eigenvalue weighted by atomic mass is 10.1. The fourth-order valence-corrected chi connectivity index (χ4v) is 2.36. The Morgan fingerprint density at radius 3 is 2.87 bits per heavy atom. The number of nitrogens with one attached hydrogen (secondary N) is 1. The van der Waals surface area contributed by atoms with Crippen molar-refractivity contribution in [2.24, 2.45) is 0 Å². The van der Waals surface area contributed by atoms with Crippen LogP contribution >= 0.6 is 11.8 Å². The largest absolute Gasteiger partial charge is 0.374 e. The molecular weight excluding hydrogens is 204 g/mol. The zero-order valence-electron chi connectivity index (χ0n) is 8.10. The fourth-order valence-electron chi connectivity index (χ4n) is 1.67. The van der Waals surface area contributed by atoms with E-state index < -0.39 is 0 Å². The van der Waals surface area contributed by atoms with Gasteiger partial charge in [0.25, 0.3) is 0 Å². The highest BCUT2D eigenvalue weighted by Gasteiger charge is 2.07. The third-order valence-electron chi connectivity index (χ3n) is 2.45. The molecule has 0 saturated carbocycles. The number of pyridine rings is 1. The SMILES string of the molecule is C1=C(c2cc3ccccc3cn2)NCS1. The van der Waals surface area contributed by atoms with Gasteiger partial charge in [-0.2, -0.15) is 0 Å². The van der Waals surface area contributed by atoms with Crippen molar-refractivity contribution in [3.05, 3.63) is 47.6 Å². The quantitative estimate of drug-likeness (QED) is 0.790. The van der Waals surface area contributed by atoms with Crippen molar-refractivity contribution in [1.82, 2.24) is 10.3 Å². The molecule has 0 unspecified atom stereocenters. The lowest BCUT2D eigenvalue weighted by molar-refractivity contribution is 1.08. The predicted molar refractivity (Wildman–Crippen MR) is 65.3 cm³/mol. The van der Waals surface area contributed by atoms with E-state index in [0.717, 1.165) is 17.3 Å². The summed E-state index contributed by atoms with van der Waals surface area (Å²) in [7, 11) is 0. The van der Waals surface area contributed by atoms with Crippen LogP contribution in [0.5, 0.6) is 0 Å². The first-order valence-corrected chi connectivity index (χ1v) is 5.89. The molecule has 0 saturated heterocycles. The molecule has 0 amide bonds. The van der Waals surface area contributed by atoms with E-state index in [0.29, 0.717) is 0 Å². The lowest BCUT2D eigenvalue weighted by Gasteiger charge is -2.04. The number of benzene rings is 1. The minimum absolute atomic E-state index is 0.948. The summed E-state index contributed by atoms with van der Waals surface area (Å²) in [5.74, 6) is 0.948. The minimum Gasteiger partial charge on any atom is -0.374 e. The smallest absolute Gasteiger partial charge is 0.0872 e. The molecule has 74 valence electrons. The second-order valence-corrected chi connectivity index (χ2v) is 4.29. The Hall–Kier alpha value is -1.48. The molecule has 1 aliphatic rings. The van der Waals surface area contributed by atoms with Crippen LogP contribution in [0, 0.1) is 0 Å². The van der Waals surface area contributed by atoms with Crippen molar-refractivity contribution in [3.8, 4) is 0 Å². The van der Waals surface area contributed by atoms with Crippen LogP contribution in [-0.4, -0.2) is 10.9 Å². The average Bonchev–Trinajstić information content (AvgIpc) is 2.82. The van der Waals surface area contributed by atoms with E-state index in [2.05, 4.69) is 40.0 Å². The van der Waals surface area contributed by atoms with Gasteiger partial charge in [0, 0.05) is 11.6 Å². The van der Waals surface area contributed by atoms with Crippen LogP contribution in [0.2, 0.25) is 0 Å². The molecule has 3 rings (SSSR count). The summed E-state index contributed by atoms with van der Waals surface area (Å²) in [5, 5.41) is 7.85. The molecule has 0 aliphatic carbocycles. The van der Waals surface area contributed by atoms with E-state index in [-0.39, 0.29) is 0 Å². The zero-order valence-corrected chi connectivity index (χ0v) is 8.92. The molecule has 1 aromatic carbocycles. The molecular formula is C12H10N2S. The van der Waals surface area contributed by atoms with E-state index in [9.17, 15) is 0 Å². The standard InChI is InChI=1S/C12H10N2S/c1-2-4-10-6-13-11(5-9(10)3-1)12-7-15-8-14-12/h1-7,14H,8H2. The first kappa shape index (κ1) is 8.80. The number of fused-ring (bicyclic) bond motifs is 1. The summed E-state index contributed by atoms with van der Waals surface area (Å²) in [6, 6.07) is 10.4. The van der Waals surface area contributed by atoms with E-state index in [1.165, 1.54) is 10.8 Å². The maximum atomic E-state index is 4.44. The van der Waals surface area contributed by atoms with Gasteiger partial charge in [0.05, 0.1) is 17.3 Å². The molecule has 0 fully saturated rings. The molecule has 3 heteroatoms. The highest BCUT2D eigenvalue weighted by molar-refractivity contribution is 8.02. The van der Waals surface area contributed by atoms with Gasteiger partial charge in [-0.15, -0.1) is 11.8 Å². The molecule has 0 bridgehead atoms. The Morgan fingerprint density at radius 1 is 1.20 bits per heavy atom. The van der Waals surface area contributed by atoms with Gasteiger partial charge < -0.3 is 5.32 Å². The highest BCUT2D eigenvalue weighted by atomic mass is 32.2. The van der Waals surface area contributed by atoms with Gasteiger partial charge in [0.15, 0.2) is 0 Å². The van der Waals surface area contributed by atoms with E-state index in [1.807, 2.05) is 12.3 Å². The molecule has 1 aliphatic heterocycles. The van der Waals surface area contributed by atoms with E-state index >= 15 is 0 Å².